The highest BCUT2D eigenvalue weighted by atomic mass is 16.5. The summed E-state index contributed by atoms with van der Waals surface area (Å²) in [6.45, 7) is 1.47. The Morgan fingerprint density at radius 2 is 2.27 bits per heavy atom. The van der Waals surface area contributed by atoms with Gasteiger partial charge in [0.15, 0.2) is 0 Å². The largest absolute Gasteiger partial charge is 0.378 e. The van der Waals surface area contributed by atoms with Crippen LogP contribution >= 0.6 is 0 Å². The molecule has 4 N–H and O–H groups in total. The zero-order valence-electron chi connectivity index (χ0n) is 6.96. The van der Waals surface area contributed by atoms with E-state index >= 15 is 0 Å². The minimum atomic E-state index is 0.123. The fourth-order valence-electron chi connectivity index (χ4n) is 1.43. The van der Waals surface area contributed by atoms with Gasteiger partial charge in [-0.1, -0.05) is 0 Å². The number of ether oxygens (including phenoxy) is 1. The molecule has 1 fully saturated rings. The van der Waals surface area contributed by atoms with E-state index in [1.165, 1.54) is 12.8 Å². The normalized spacial score (nSPS) is 28.4. The first-order chi connectivity index (χ1) is 5.33. The lowest BCUT2D eigenvalue weighted by Gasteiger charge is -2.24. The van der Waals surface area contributed by atoms with Gasteiger partial charge >= 0.3 is 0 Å². The topological polar surface area (TPSA) is 61.3 Å². The SMILES string of the molecule is NC[C@@H](N)CC1CCCCO1. The second kappa shape index (κ2) is 4.70. The van der Waals surface area contributed by atoms with Crippen molar-refractivity contribution in [3.8, 4) is 0 Å². The average molecular weight is 158 g/mol. The maximum absolute atomic E-state index is 5.70. The van der Waals surface area contributed by atoms with Crippen LogP contribution in [0.1, 0.15) is 25.7 Å². The van der Waals surface area contributed by atoms with Crippen LogP contribution in [0.2, 0.25) is 0 Å². The number of nitrogens with two attached hydrogens (primary N) is 2. The maximum atomic E-state index is 5.70. The Kier molecular flexibility index (Phi) is 3.83. The molecule has 0 saturated carbocycles. The van der Waals surface area contributed by atoms with Crippen molar-refractivity contribution in [3.63, 3.8) is 0 Å². The molecule has 1 aliphatic heterocycles. The van der Waals surface area contributed by atoms with Crippen molar-refractivity contribution in [2.24, 2.45) is 11.5 Å². The Bertz CT molecular complexity index is 102. The standard InChI is InChI=1S/C8H18N2O/c9-6-7(10)5-8-3-1-2-4-11-8/h7-8H,1-6,9-10H2/t7-,8?/m0/s1. The lowest BCUT2D eigenvalue weighted by Crippen LogP contribution is -2.35. The van der Waals surface area contributed by atoms with Crippen molar-refractivity contribution >= 4 is 0 Å². The molecule has 0 aromatic heterocycles. The van der Waals surface area contributed by atoms with Crippen LogP contribution in [0.15, 0.2) is 0 Å². The van der Waals surface area contributed by atoms with Gasteiger partial charge < -0.3 is 16.2 Å². The molecule has 1 aliphatic rings. The summed E-state index contributed by atoms with van der Waals surface area (Å²) in [5, 5.41) is 0. The summed E-state index contributed by atoms with van der Waals surface area (Å²) in [6, 6.07) is 0.123. The molecule has 0 aromatic carbocycles. The molecule has 0 spiro atoms. The summed E-state index contributed by atoms with van der Waals surface area (Å²) in [4.78, 5) is 0. The minimum Gasteiger partial charge on any atom is -0.378 e. The van der Waals surface area contributed by atoms with Gasteiger partial charge in [0.05, 0.1) is 6.10 Å². The maximum Gasteiger partial charge on any atom is 0.0590 e. The van der Waals surface area contributed by atoms with Crippen LogP contribution in [0.4, 0.5) is 0 Å². The summed E-state index contributed by atoms with van der Waals surface area (Å²) in [5.41, 5.74) is 11.1. The van der Waals surface area contributed by atoms with Crippen LogP contribution < -0.4 is 11.5 Å². The summed E-state index contributed by atoms with van der Waals surface area (Å²) in [6.07, 6.45) is 4.95. The van der Waals surface area contributed by atoms with E-state index in [0.29, 0.717) is 12.6 Å². The summed E-state index contributed by atoms with van der Waals surface area (Å²) >= 11 is 0. The van der Waals surface area contributed by atoms with Crippen molar-refractivity contribution in [3.05, 3.63) is 0 Å². The van der Waals surface area contributed by atoms with Gasteiger partial charge in [0.25, 0.3) is 0 Å². The van der Waals surface area contributed by atoms with Gasteiger partial charge in [-0.05, 0) is 25.7 Å². The first-order valence-corrected chi connectivity index (χ1v) is 4.40. The highest BCUT2D eigenvalue weighted by Crippen LogP contribution is 2.15. The molecule has 66 valence electrons. The Morgan fingerprint density at radius 1 is 1.45 bits per heavy atom. The number of rotatable bonds is 3. The molecule has 2 atom stereocenters. The minimum absolute atomic E-state index is 0.123. The van der Waals surface area contributed by atoms with E-state index in [9.17, 15) is 0 Å². The molecule has 1 unspecified atom stereocenters. The van der Waals surface area contributed by atoms with Gasteiger partial charge in [-0.3, -0.25) is 0 Å². The molecule has 11 heavy (non-hydrogen) atoms. The van der Waals surface area contributed by atoms with Gasteiger partial charge in [0, 0.05) is 19.2 Å². The third-order valence-corrected chi connectivity index (χ3v) is 2.14. The Balaban J connectivity index is 2.13. The molecule has 0 amide bonds. The molecular formula is C8H18N2O. The highest BCUT2D eigenvalue weighted by Gasteiger charge is 2.15. The van der Waals surface area contributed by atoms with Gasteiger partial charge in [-0.25, -0.2) is 0 Å². The van der Waals surface area contributed by atoms with Crippen LogP contribution in [-0.4, -0.2) is 25.3 Å². The average Bonchev–Trinajstić information content (AvgIpc) is 2.06. The van der Waals surface area contributed by atoms with Crippen molar-refractivity contribution in [2.45, 2.75) is 37.8 Å². The molecule has 1 rings (SSSR count). The van der Waals surface area contributed by atoms with Gasteiger partial charge in [0.2, 0.25) is 0 Å². The van der Waals surface area contributed by atoms with Crippen LogP contribution in [-0.2, 0) is 4.74 Å². The molecule has 1 heterocycles. The third kappa shape index (κ3) is 3.18. The van der Waals surface area contributed by atoms with E-state index < -0.39 is 0 Å². The van der Waals surface area contributed by atoms with Crippen molar-refractivity contribution in [1.29, 1.82) is 0 Å². The van der Waals surface area contributed by atoms with Crippen LogP contribution in [0.3, 0.4) is 0 Å². The fourth-order valence-corrected chi connectivity index (χ4v) is 1.43. The van der Waals surface area contributed by atoms with E-state index in [2.05, 4.69) is 0 Å². The van der Waals surface area contributed by atoms with Crippen LogP contribution in [0, 0.1) is 0 Å². The monoisotopic (exact) mass is 158 g/mol. The second-order valence-corrected chi connectivity index (χ2v) is 3.22. The molecular weight excluding hydrogens is 140 g/mol. The number of hydrogen-bond donors (Lipinski definition) is 2. The molecule has 0 aromatic rings. The molecule has 1 saturated heterocycles. The molecule has 0 radical (unpaired) electrons. The third-order valence-electron chi connectivity index (χ3n) is 2.14. The van der Waals surface area contributed by atoms with Crippen molar-refractivity contribution in [2.75, 3.05) is 13.2 Å². The zero-order valence-corrected chi connectivity index (χ0v) is 6.96. The van der Waals surface area contributed by atoms with Gasteiger partial charge in [-0.2, -0.15) is 0 Å². The molecule has 0 bridgehead atoms. The van der Waals surface area contributed by atoms with Crippen LogP contribution in [0.25, 0.3) is 0 Å². The van der Waals surface area contributed by atoms with Crippen molar-refractivity contribution < 1.29 is 4.74 Å². The first-order valence-electron chi connectivity index (χ1n) is 4.40. The summed E-state index contributed by atoms with van der Waals surface area (Å²) in [5.74, 6) is 0. The second-order valence-electron chi connectivity index (χ2n) is 3.22. The smallest absolute Gasteiger partial charge is 0.0590 e. The van der Waals surface area contributed by atoms with E-state index in [4.69, 9.17) is 16.2 Å². The summed E-state index contributed by atoms with van der Waals surface area (Å²) < 4.78 is 5.51. The molecule has 3 nitrogen and oxygen atoms in total. The van der Waals surface area contributed by atoms with E-state index in [1.54, 1.807) is 0 Å². The van der Waals surface area contributed by atoms with Gasteiger partial charge in [0.1, 0.15) is 0 Å². The Labute approximate surface area is 68.1 Å². The lowest BCUT2D eigenvalue weighted by atomic mass is 10.0. The predicted octanol–water partition coefficient (Wildman–Crippen LogP) is 0.232. The van der Waals surface area contributed by atoms with E-state index in [-0.39, 0.29) is 6.04 Å². The number of hydrogen-bond acceptors (Lipinski definition) is 3. The lowest BCUT2D eigenvalue weighted by molar-refractivity contribution is 0.00788. The highest BCUT2D eigenvalue weighted by molar-refractivity contribution is 4.71. The van der Waals surface area contributed by atoms with Gasteiger partial charge in [-0.15, -0.1) is 0 Å². The van der Waals surface area contributed by atoms with E-state index in [1.807, 2.05) is 0 Å². The van der Waals surface area contributed by atoms with Crippen molar-refractivity contribution in [1.82, 2.24) is 0 Å². The Hall–Kier alpha value is -0.120. The quantitative estimate of drug-likeness (QED) is 0.618. The predicted molar refractivity (Wildman–Crippen MR) is 45.2 cm³/mol. The first kappa shape index (κ1) is 8.97. The molecule has 3 heteroatoms. The fraction of sp³-hybridized carbons (Fsp3) is 1.00. The van der Waals surface area contributed by atoms with E-state index in [0.717, 1.165) is 19.4 Å². The Morgan fingerprint density at radius 3 is 2.82 bits per heavy atom. The summed E-state index contributed by atoms with van der Waals surface area (Å²) in [7, 11) is 0. The zero-order chi connectivity index (χ0) is 8.10. The molecule has 0 aliphatic carbocycles. The van der Waals surface area contributed by atoms with Crippen LogP contribution in [0.5, 0.6) is 0 Å².